The fraction of sp³-hybridized carbons (Fsp3) is 0.462. The highest BCUT2D eigenvalue weighted by Gasteiger charge is 2.26. The van der Waals surface area contributed by atoms with E-state index < -0.39 is 0 Å². The van der Waals surface area contributed by atoms with Gasteiger partial charge in [0.05, 0.1) is 0 Å². The number of rotatable bonds is 1. The van der Waals surface area contributed by atoms with E-state index in [-0.39, 0.29) is 11.9 Å². The molecule has 2 atom stereocenters. The summed E-state index contributed by atoms with van der Waals surface area (Å²) in [6, 6.07) is 7.60. The average molecular weight is 297 g/mol. The molecule has 92 valence electrons. The van der Waals surface area contributed by atoms with Crippen LogP contribution in [0, 0.1) is 5.92 Å². The molecule has 1 amide bonds. The predicted octanol–water partition coefficient (Wildman–Crippen LogP) is 2.26. The lowest BCUT2D eigenvalue weighted by atomic mass is 9.96. The van der Waals surface area contributed by atoms with E-state index in [1.165, 1.54) is 0 Å². The minimum Gasteiger partial charge on any atom is -0.337 e. The zero-order chi connectivity index (χ0) is 12.4. The fourth-order valence-electron chi connectivity index (χ4n) is 2.37. The standard InChI is InChI=1S/C13H17BrN2O/c1-9-5-12(15)8-16(7-9)13(17)10-3-2-4-11(14)6-10/h2-4,6,9,12H,5,7-8,15H2,1H3. The number of hydrogen-bond acceptors (Lipinski definition) is 2. The number of likely N-dealkylation sites (tertiary alicyclic amines) is 1. The van der Waals surface area contributed by atoms with Gasteiger partial charge in [0, 0.05) is 29.2 Å². The highest BCUT2D eigenvalue weighted by Crippen LogP contribution is 2.19. The molecule has 17 heavy (non-hydrogen) atoms. The van der Waals surface area contributed by atoms with Crippen LogP contribution < -0.4 is 5.73 Å². The molecule has 2 rings (SSSR count). The second-order valence-electron chi connectivity index (χ2n) is 4.82. The monoisotopic (exact) mass is 296 g/mol. The first-order valence-corrected chi connectivity index (χ1v) is 6.66. The molecule has 1 fully saturated rings. The topological polar surface area (TPSA) is 46.3 Å². The summed E-state index contributed by atoms with van der Waals surface area (Å²) < 4.78 is 0.928. The van der Waals surface area contributed by atoms with Crippen LogP contribution in [0.3, 0.4) is 0 Å². The number of benzene rings is 1. The number of halogens is 1. The molecule has 1 aliphatic rings. The molecule has 0 spiro atoms. The molecule has 1 aliphatic heterocycles. The van der Waals surface area contributed by atoms with Crippen LogP contribution in [-0.2, 0) is 0 Å². The van der Waals surface area contributed by atoms with Crippen molar-refractivity contribution in [2.45, 2.75) is 19.4 Å². The number of nitrogens with zero attached hydrogens (tertiary/aromatic N) is 1. The van der Waals surface area contributed by atoms with Gasteiger partial charge < -0.3 is 10.6 Å². The van der Waals surface area contributed by atoms with Crippen LogP contribution >= 0.6 is 15.9 Å². The summed E-state index contributed by atoms with van der Waals surface area (Å²) in [7, 11) is 0. The van der Waals surface area contributed by atoms with E-state index >= 15 is 0 Å². The third-order valence-electron chi connectivity index (χ3n) is 3.05. The molecule has 1 heterocycles. The Balaban J connectivity index is 2.14. The van der Waals surface area contributed by atoms with Crippen molar-refractivity contribution in [3.05, 3.63) is 34.3 Å². The maximum absolute atomic E-state index is 12.3. The molecule has 4 heteroatoms. The molecule has 0 aliphatic carbocycles. The Morgan fingerprint density at radius 3 is 2.88 bits per heavy atom. The summed E-state index contributed by atoms with van der Waals surface area (Å²) >= 11 is 3.38. The summed E-state index contributed by atoms with van der Waals surface area (Å²) in [6.45, 7) is 3.61. The number of hydrogen-bond donors (Lipinski definition) is 1. The SMILES string of the molecule is CC1CC(N)CN(C(=O)c2cccc(Br)c2)C1. The van der Waals surface area contributed by atoms with Crippen molar-refractivity contribution >= 4 is 21.8 Å². The second-order valence-corrected chi connectivity index (χ2v) is 5.74. The van der Waals surface area contributed by atoms with Crippen molar-refractivity contribution in [2.75, 3.05) is 13.1 Å². The largest absolute Gasteiger partial charge is 0.337 e. The van der Waals surface area contributed by atoms with Crippen LogP contribution in [0.15, 0.2) is 28.7 Å². The van der Waals surface area contributed by atoms with Gasteiger partial charge in [-0.3, -0.25) is 4.79 Å². The van der Waals surface area contributed by atoms with Gasteiger partial charge in [-0.25, -0.2) is 0 Å². The Kier molecular flexibility index (Phi) is 3.84. The van der Waals surface area contributed by atoms with E-state index in [0.717, 1.165) is 23.0 Å². The molecule has 1 aromatic rings. The average Bonchev–Trinajstić information content (AvgIpc) is 2.26. The Hall–Kier alpha value is -0.870. The van der Waals surface area contributed by atoms with Gasteiger partial charge in [0.25, 0.3) is 5.91 Å². The van der Waals surface area contributed by atoms with Crippen LogP contribution in [0.4, 0.5) is 0 Å². The van der Waals surface area contributed by atoms with Gasteiger partial charge in [0.2, 0.25) is 0 Å². The normalized spacial score (nSPS) is 24.8. The molecular formula is C13H17BrN2O. The van der Waals surface area contributed by atoms with Crippen molar-refractivity contribution in [3.63, 3.8) is 0 Å². The summed E-state index contributed by atoms with van der Waals surface area (Å²) in [5, 5.41) is 0. The third kappa shape index (κ3) is 3.07. The lowest BCUT2D eigenvalue weighted by molar-refractivity contribution is 0.0661. The minimum absolute atomic E-state index is 0.0771. The number of nitrogens with two attached hydrogens (primary N) is 1. The molecule has 0 bridgehead atoms. The van der Waals surface area contributed by atoms with E-state index in [9.17, 15) is 4.79 Å². The molecule has 2 unspecified atom stereocenters. The Morgan fingerprint density at radius 2 is 2.24 bits per heavy atom. The lowest BCUT2D eigenvalue weighted by Crippen LogP contribution is -2.48. The quantitative estimate of drug-likeness (QED) is 0.864. The molecule has 0 aromatic heterocycles. The number of carbonyl (C=O) groups excluding carboxylic acids is 1. The van der Waals surface area contributed by atoms with Gasteiger partial charge in [-0.2, -0.15) is 0 Å². The molecule has 1 aromatic carbocycles. The summed E-state index contributed by atoms with van der Waals surface area (Å²) in [5.41, 5.74) is 6.68. The van der Waals surface area contributed by atoms with Gasteiger partial charge in [-0.1, -0.05) is 28.9 Å². The van der Waals surface area contributed by atoms with E-state index in [2.05, 4.69) is 22.9 Å². The molecular weight excluding hydrogens is 280 g/mol. The van der Waals surface area contributed by atoms with Crippen molar-refractivity contribution in [1.82, 2.24) is 4.90 Å². The van der Waals surface area contributed by atoms with Crippen molar-refractivity contribution in [1.29, 1.82) is 0 Å². The Morgan fingerprint density at radius 1 is 1.47 bits per heavy atom. The fourth-order valence-corrected chi connectivity index (χ4v) is 2.77. The van der Waals surface area contributed by atoms with E-state index in [0.29, 0.717) is 12.5 Å². The van der Waals surface area contributed by atoms with Crippen LogP contribution in [0.2, 0.25) is 0 Å². The van der Waals surface area contributed by atoms with E-state index in [4.69, 9.17) is 5.73 Å². The number of piperidine rings is 1. The summed E-state index contributed by atoms with van der Waals surface area (Å²) in [5.74, 6) is 0.558. The van der Waals surface area contributed by atoms with Gasteiger partial charge in [-0.15, -0.1) is 0 Å². The number of carbonyl (C=O) groups is 1. The van der Waals surface area contributed by atoms with E-state index in [1.54, 1.807) is 0 Å². The van der Waals surface area contributed by atoms with E-state index in [1.807, 2.05) is 29.2 Å². The molecule has 3 nitrogen and oxygen atoms in total. The maximum atomic E-state index is 12.3. The first-order chi connectivity index (χ1) is 8.06. The first-order valence-electron chi connectivity index (χ1n) is 5.86. The lowest BCUT2D eigenvalue weighted by Gasteiger charge is -2.34. The van der Waals surface area contributed by atoms with Crippen LogP contribution in [0.25, 0.3) is 0 Å². The second kappa shape index (κ2) is 5.19. The third-order valence-corrected chi connectivity index (χ3v) is 3.54. The molecule has 0 radical (unpaired) electrons. The van der Waals surface area contributed by atoms with Gasteiger partial charge in [0.15, 0.2) is 0 Å². The summed E-state index contributed by atoms with van der Waals surface area (Å²) in [6.07, 6.45) is 1.00. The van der Waals surface area contributed by atoms with Crippen molar-refractivity contribution in [3.8, 4) is 0 Å². The Bertz CT molecular complexity index is 412. The minimum atomic E-state index is 0.0771. The van der Waals surface area contributed by atoms with Gasteiger partial charge >= 0.3 is 0 Å². The Labute approximate surface area is 110 Å². The van der Waals surface area contributed by atoms with Crippen molar-refractivity contribution in [2.24, 2.45) is 11.7 Å². The predicted molar refractivity (Wildman–Crippen MR) is 71.8 cm³/mol. The zero-order valence-corrected chi connectivity index (χ0v) is 11.5. The number of amides is 1. The van der Waals surface area contributed by atoms with Crippen molar-refractivity contribution < 1.29 is 4.79 Å². The first kappa shape index (κ1) is 12.6. The van der Waals surface area contributed by atoms with Crippen LogP contribution in [0.5, 0.6) is 0 Å². The zero-order valence-electron chi connectivity index (χ0n) is 9.90. The smallest absolute Gasteiger partial charge is 0.253 e. The highest BCUT2D eigenvalue weighted by atomic mass is 79.9. The maximum Gasteiger partial charge on any atom is 0.253 e. The molecule has 2 N–H and O–H groups in total. The molecule has 0 saturated carbocycles. The molecule has 1 saturated heterocycles. The van der Waals surface area contributed by atoms with Crippen LogP contribution in [0.1, 0.15) is 23.7 Å². The highest BCUT2D eigenvalue weighted by molar-refractivity contribution is 9.10. The van der Waals surface area contributed by atoms with Gasteiger partial charge in [0.1, 0.15) is 0 Å². The van der Waals surface area contributed by atoms with Crippen LogP contribution in [-0.4, -0.2) is 29.9 Å². The summed E-state index contributed by atoms with van der Waals surface area (Å²) in [4.78, 5) is 14.2. The van der Waals surface area contributed by atoms with Gasteiger partial charge in [-0.05, 0) is 30.5 Å².